The van der Waals surface area contributed by atoms with Crippen molar-refractivity contribution < 1.29 is 18.0 Å². The average molecular weight is 655 g/mol. The number of hydrogen-bond donors (Lipinski definition) is 3. The summed E-state index contributed by atoms with van der Waals surface area (Å²) in [5, 5.41) is 12.3. The van der Waals surface area contributed by atoms with E-state index in [1.54, 1.807) is 25.3 Å². The lowest BCUT2D eigenvalue weighted by molar-refractivity contribution is 0.217. The normalized spacial score (nSPS) is 14.3. The summed E-state index contributed by atoms with van der Waals surface area (Å²) in [5.41, 5.74) is 4.40. The fourth-order valence-electron chi connectivity index (χ4n) is 5.55. The number of benzene rings is 2. The molecule has 12 nitrogen and oxygen atoms in total. The Labute approximate surface area is 269 Å². The number of piperidine rings is 1. The maximum Gasteiger partial charge on any atom is 0.254 e. The van der Waals surface area contributed by atoms with Gasteiger partial charge in [-0.05, 0) is 70.4 Å². The third-order valence-corrected chi connectivity index (χ3v) is 9.53. The van der Waals surface area contributed by atoms with Gasteiger partial charge in [-0.15, -0.1) is 15.8 Å². The van der Waals surface area contributed by atoms with Crippen LogP contribution in [0.4, 0.5) is 40.2 Å². The van der Waals surface area contributed by atoms with E-state index in [0.29, 0.717) is 34.9 Å². The number of rotatable bonds is 12. The summed E-state index contributed by atoms with van der Waals surface area (Å²) < 4.78 is 32.4. The molecule has 3 heterocycles. The van der Waals surface area contributed by atoms with Crippen LogP contribution in [-0.4, -0.2) is 83.0 Å². The van der Waals surface area contributed by atoms with Crippen molar-refractivity contribution in [2.45, 2.75) is 38.8 Å². The lowest BCUT2D eigenvalue weighted by Crippen LogP contribution is -2.42. The zero-order valence-electron chi connectivity index (χ0n) is 26.8. The van der Waals surface area contributed by atoms with Crippen LogP contribution < -0.4 is 30.1 Å². The Hall–Kier alpha value is -3.85. The van der Waals surface area contributed by atoms with Gasteiger partial charge in [0.25, 0.3) is 10.0 Å². The minimum absolute atomic E-state index is 0.220. The standard InChI is InChI=1S/C31H42N8O4S2/c1-20(2)32-24-18-25(28(42-5)19-27(24)38-15-12-21(13-16-38)37(3)4)35-31-34-23-14-17-44-29(23)30(36-31)33-22-10-8-9-11-26(22)39(43-6)45(7,40)41/h8-11,14,17-21,32H,12-13,15-16H2,1-7H3,(H2,33,34,35,36). The van der Waals surface area contributed by atoms with Crippen molar-refractivity contribution in [1.29, 1.82) is 0 Å². The molecule has 1 fully saturated rings. The monoisotopic (exact) mass is 654 g/mol. The Kier molecular flexibility index (Phi) is 9.87. The molecule has 1 aliphatic rings. The van der Waals surface area contributed by atoms with Crippen molar-refractivity contribution in [2.75, 3.05) is 73.0 Å². The highest BCUT2D eigenvalue weighted by molar-refractivity contribution is 7.91. The van der Waals surface area contributed by atoms with Crippen LogP contribution in [0.15, 0.2) is 47.8 Å². The number of anilines is 7. The van der Waals surface area contributed by atoms with Gasteiger partial charge in [-0.2, -0.15) is 4.98 Å². The first kappa shape index (κ1) is 32.5. The topological polar surface area (TPSA) is 124 Å². The summed E-state index contributed by atoms with van der Waals surface area (Å²) in [4.78, 5) is 19.6. The number of nitrogens with one attached hydrogen (secondary N) is 3. The van der Waals surface area contributed by atoms with Gasteiger partial charge in [0.05, 0.1) is 53.4 Å². The van der Waals surface area contributed by atoms with E-state index in [1.807, 2.05) is 17.5 Å². The summed E-state index contributed by atoms with van der Waals surface area (Å²) in [6, 6.07) is 13.8. The van der Waals surface area contributed by atoms with Gasteiger partial charge in [0, 0.05) is 31.2 Å². The van der Waals surface area contributed by atoms with Crippen LogP contribution >= 0.6 is 11.3 Å². The highest BCUT2D eigenvalue weighted by Crippen LogP contribution is 2.41. The van der Waals surface area contributed by atoms with Crippen molar-refractivity contribution in [3.8, 4) is 5.75 Å². The molecule has 3 N–H and O–H groups in total. The van der Waals surface area contributed by atoms with Crippen molar-refractivity contribution in [1.82, 2.24) is 14.9 Å². The zero-order chi connectivity index (χ0) is 32.3. The first-order valence-corrected chi connectivity index (χ1v) is 17.5. The van der Waals surface area contributed by atoms with Crippen LogP contribution in [-0.2, 0) is 14.9 Å². The molecule has 0 amide bonds. The van der Waals surface area contributed by atoms with Gasteiger partial charge in [-0.1, -0.05) is 12.1 Å². The third-order valence-electron chi connectivity index (χ3n) is 7.67. The van der Waals surface area contributed by atoms with Gasteiger partial charge < -0.3 is 30.5 Å². The summed E-state index contributed by atoms with van der Waals surface area (Å²) in [6.45, 7) is 6.16. The number of hydrogen-bond acceptors (Lipinski definition) is 12. The molecule has 0 aliphatic carbocycles. The van der Waals surface area contributed by atoms with E-state index in [-0.39, 0.29) is 6.04 Å². The molecule has 242 valence electrons. The second-order valence-electron chi connectivity index (χ2n) is 11.5. The molecule has 0 unspecified atom stereocenters. The van der Waals surface area contributed by atoms with Crippen molar-refractivity contribution in [3.63, 3.8) is 0 Å². The maximum atomic E-state index is 12.4. The van der Waals surface area contributed by atoms with E-state index in [4.69, 9.17) is 19.5 Å². The first-order chi connectivity index (χ1) is 21.5. The molecule has 0 radical (unpaired) electrons. The van der Waals surface area contributed by atoms with E-state index in [2.05, 4.69) is 65.8 Å². The smallest absolute Gasteiger partial charge is 0.254 e. The van der Waals surface area contributed by atoms with E-state index >= 15 is 0 Å². The summed E-state index contributed by atoms with van der Waals surface area (Å²) >= 11 is 1.49. The Bertz CT molecular complexity index is 1740. The van der Waals surface area contributed by atoms with Gasteiger partial charge in [-0.3, -0.25) is 4.84 Å². The summed E-state index contributed by atoms with van der Waals surface area (Å²) in [6.07, 6.45) is 3.27. The summed E-state index contributed by atoms with van der Waals surface area (Å²) in [5.74, 6) is 1.56. The van der Waals surface area contributed by atoms with E-state index in [1.165, 1.54) is 18.4 Å². The molecule has 0 bridgehead atoms. The van der Waals surface area contributed by atoms with E-state index < -0.39 is 10.0 Å². The van der Waals surface area contributed by atoms with Crippen molar-refractivity contribution in [3.05, 3.63) is 47.8 Å². The van der Waals surface area contributed by atoms with Gasteiger partial charge >= 0.3 is 0 Å². The minimum atomic E-state index is -3.70. The number of aromatic nitrogens is 2. The molecule has 2 aromatic heterocycles. The number of para-hydroxylation sites is 2. The predicted octanol–water partition coefficient (Wildman–Crippen LogP) is 5.87. The number of ether oxygens (including phenoxy) is 1. The molecule has 1 saturated heterocycles. The molecule has 14 heteroatoms. The second-order valence-corrected chi connectivity index (χ2v) is 14.2. The van der Waals surface area contributed by atoms with Gasteiger partial charge in [0.2, 0.25) is 5.95 Å². The first-order valence-electron chi connectivity index (χ1n) is 14.8. The average Bonchev–Trinajstić information content (AvgIpc) is 3.47. The third kappa shape index (κ3) is 7.35. The van der Waals surface area contributed by atoms with Gasteiger partial charge in [0.15, 0.2) is 5.82 Å². The quantitative estimate of drug-likeness (QED) is 0.159. The van der Waals surface area contributed by atoms with Crippen molar-refractivity contribution >= 4 is 71.8 Å². The van der Waals surface area contributed by atoms with Gasteiger partial charge in [-0.25, -0.2) is 13.4 Å². The van der Waals surface area contributed by atoms with Crippen LogP contribution in [0.5, 0.6) is 5.75 Å². The minimum Gasteiger partial charge on any atom is -0.494 e. The second kappa shape index (κ2) is 13.6. The molecule has 5 rings (SSSR count). The lowest BCUT2D eigenvalue weighted by Gasteiger charge is -2.37. The number of sulfonamides is 1. The fraction of sp³-hybridized carbons (Fsp3) is 0.419. The number of fused-ring (bicyclic) bond motifs is 1. The van der Waals surface area contributed by atoms with Crippen LogP contribution in [0.25, 0.3) is 10.2 Å². The number of nitrogens with zero attached hydrogens (tertiary/aromatic N) is 5. The van der Waals surface area contributed by atoms with E-state index in [0.717, 1.165) is 63.9 Å². The SMILES string of the molecule is COc1cc(N2CCC(N(C)C)CC2)c(NC(C)C)cc1Nc1nc(Nc2ccccc2N(OC)S(C)(=O)=O)c2sccc2n1. The van der Waals surface area contributed by atoms with Crippen LogP contribution in [0, 0.1) is 0 Å². The molecule has 2 aromatic carbocycles. The van der Waals surface area contributed by atoms with Crippen LogP contribution in [0.2, 0.25) is 0 Å². The van der Waals surface area contributed by atoms with E-state index in [9.17, 15) is 8.42 Å². The van der Waals surface area contributed by atoms with Crippen molar-refractivity contribution in [2.24, 2.45) is 0 Å². The highest BCUT2D eigenvalue weighted by Gasteiger charge is 2.25. The Balaban J connectivity index is 1.50. The zero-order valence-corrected chi connectivity index (χ0v) is 28.4. The molecular formula is C31H42N8O4S2. The maximum absolute atomic E-state index is 12.4. The van der Waals surface area contributed by atoms with Crippen LogP contribution in [0.3, 0.4) is 0 Å². The highest BCUT2D eigenvalue weighted by atomic mass is 32.2. The number of thiophene rings is 1. The molecular weight excluding hydrogens is 613 g/mol. The number of methoxy groups -OCH3 is 1. The predicted molar refractivity (Wildman–Crippen MR) is 185 cm³/mol. The Morgan fingerprint density at radius 2 is 1.73 bits per heavy atom. The summed E-state index contributed by atoms with van der Waals surface area (Å²) in [7, 11) is 3.57. The molecule has 0 spiro atoms. The largest absolute Gasteiger partial charge is 0.494 e. The Morgan fingerprint density at radius 1 is 1.00 bits per heavy atom. The molecule has 1 aliphatic heterocycles. The lowest BCUT2D eigenvalue weighted by atomic mass is 10.0. The molecule has 45 heavy (non-hydrogen) atoms. The molecule has 0 saturated carbocycles. The van der Waals surface area contributed by atoms with Gasteiger partial charge in [0.1, 0.15) is 11.4 Å². The molecule has 4 aromatic rings. The molecule has 0 atom stereocenters. The fourth-order valence-corrected chi connectivity index (χ4v) is 7.11. The Morgan fingerprint density at radius 3 is 2.38 bits per heavy atom. The van der Waals surface area contributed by atoms with Crippen LogP contribution in [0.1, 0.15) is 26.7 Å².